The molecule has 25 heavy (non-hydrogen) atoms. The third-order valence-corrected chi connectivity index (χ3v) is 5.18. The van der Waals surface area contributed by atoms with E-state index >= 15 is 0 Å². The molecule has 0 atom stereocenters. The number of hydrogen-bond donors (Lipinski definition) is 2. The van der Waals surface area contributed by atoms with Crippen LogP contribution in [0.15, 0.2) is 46.8 Å². The molecule has 0 saturated carbocycles. The Balaban J connectivity index is 1.60. The number of phenols is 1. The Morgan fingerprint density at radius 3 is 2.48 bits per heavy atom. The molecule has 0 radical (unpaired) electrons. The van der Waals surface area contributed by atoms with Gasteiger partial charge < -0.3 is 10.4 Å². The lowest BCUT2D eigenvalue weighted by molar-refractivity contribution is -0.113. The molecular weight excluding hydrogens is 368 g/mol. The fourth-order valence-corrected chi connectivity index (χ4v) is 3.57. The smallest absolute Gasteiger partial charge is 0.234 e. The summed E-state index contributed by atoms with van der Waals surface area (Å²) in [5, 5.41) is 20.1. The molecule has 0 aliphatic heterocycles. The zero-order chi connectivity index (χ0) is 17.8. The number of benzene rings is 2. The van der Waals surface area contributed by atoms with E-state index in [1.807, 2.05) is 0 Å². The van der Waals surface area contributed by atoms with Crippen molar-refractivity contribution in [2.24, 2.45) is 0 Å². The molecule has 1 amide bonds. The van der Waals surface area contributed by atoms with Crippen LogP contribution in [0.3, 0.4) is 0 Å². The highest BCUT2D eigenvalue weighted by Crippen LogP contribution is 2.30. The van der Waals surface area contributed by atoms with Gasteiger partial charge in [-0.25, -0.2) is 8.78 Å². The van der Waals surface area contributed by atoms with Crippen molar-refractivity contribution in [2.45, 2.75) is 4.34 Å². The molecule has 3 rings (SSSR count). The second-order valence-corrected chi connectivity index (χ2v) is 7.05. The number of aromatic nitrogens is 2. The predicted molar refractivity (Wildman–Crippen MR) is 92.7 cm³/mol. The zero-order valence-corrected chi connectivity index (χ0v) is 14.2. The third-order valence-electron chi connectivity index (χ3n) is 3.07. The number of halogens is 2. The van der Waals surface area contributed by atoms with Gasteiger partial charge in [-0.2, -0.15) is 0 Å². The Morgan fingerprint density at radius 2 is 1.80 bits per heavy atom. The number of carbonyl (C=O) groups excluding carboxylic acids is 1. The highest BCUT2D eigenvalue weighted by atomic mass is 32.2. The monoisotopic (exact) mass is 379 g/mol. The number of phenolic OH excluding ortho intramolecular Hbond substituents is 1. The Labute approximate surface area is 149 Å². The third kappa shape index (κ3) is 4.31. The van der Waals surface area contributed by atoms with Crippen LogP contribution < -0.4 is 5.32 Å². The molecule has 2 aromatic carbocycles. The van der Waals surface area contributed by atoms with E-state index in [1.54, 1.807) is 24.3 Å². The average molecular weight is 379 g/mol. The number of nitrogens with one attached hydrogen (secondary N) is 1. The number of rotatable bonds is 5. The number of nitrogens with zero attached hydrogens (tertiary/aromatic N) is 2. The summed E-state index contributed by atoms with van der Waals surface area (Å²) in [7, 11) is 0. The lowest BCUT2D eigenvalue weighted by Crippen LogP contribution is -2.16. The molecule has 0 fully saturated rings. The maximum atomic E-state index is 13.5. The van der Waals surface area contributed by atoms with Crippen LogP contribution in [0.5, 0.6) is 5.75 Å². The first kappa shape index (κ1) is 17.3. The summed E-state index contributed by atoms with van der Waals surface area (Å²) < 4.78 is 27.5. The van der Waals surface area contributed by atoms with E-state index in [2.05, 4.69) is 15.5 Å². The number of thioether (sulfide) groups is 1. The minimum atomic E-state index is -0.830. The van der Waals surface area contributed by atoms with Crippen LogP contribution >= 0.6 is 23.1 Å². The second kappa shape index (κ2) is 7.58. The van der Waals surface area contributed by atoms with Crippen LogP contribution in [0.1, 0.15) is 0 Å². The first-order valence-corrected chi connectivity index (χ1v) is 8.82. The van der Waals surface area contributed by atoms with Gasteiger partial charge in [0.1, 0.15) is 28.1 Å². The van der Waals surface area contributed by atoms with E-state index < -0.39 is 23.2 Å². The molecule has 1 aromatic heterocycles. The molecule has 3 aromatic rings. The van der Waals surface area contributed by atoms with Crippen LogP contribution in [0.4, 0.5) is 14.5 Å². The molecule has 0 aliphatic rings. The normalized spacial score (nSPS) is 10.6. The van der Waals surface area contributed by atoms with Crippen LogP contribution in [-0.2, 0) is 4.79 Å². The number of hydrogen-bond acceptors (Lipinski definition) is 6. The van der Waals surface area contributed by atoms with Gasteiger partial charge in [0, 0.05) is 5.56 Å². The van der Waals surface area contributed by atoms with Gasteiger partial charge in [0.25, 0.3) is 0 Å². The van der Waals surface area contributed by atoms with Crippen LogP contribution in [-0.4, -0.2) is 27.0 Å². The number of carbonyl (C=O) groups is 1. The van der Waals surface area contributed by atoms with Crippen molar-refractivity contribution in [3.8, 4) is 16.3 Å². The first-order chi connectivity index (χ1) is 12.0. The van der Waals surface area contributed by atoms with Gasteiger partial charge in [-0.1, -0.05) is 29.2 Å². The standard InChI is InChI=1S/C16H11F2N3O2S2/c17-11-2-1-3-12(18)14(11)19-13(23)8-24-16-21-20-15(25-16)9-4-6-10(22)7-5-9/h1-7,22H,8H2,(H,19,23). The van der Waals surface area contributed by atoms with E-state index in [0.717, 1.165) is 29.5 Å². The molecule has 9 heteroatoms. The largest absolute Gasteiger partial charge is 0.508 e. The van der Waals surface area contributed by atoms with Crippen molar-refractivity contribution in [3.63, 3.8) is 0 Å². The Kier molecular flexibility index (Phi) is 5.25. The van der Waals surface area contributed by atoms with Crippen molar-refractivity contribution < 1.29 is 18.7 Å². The maximum Gasteiger partial charge on any atom is 0.234 e. The van der Waals surface area contributed by atoms with Gasteiger partial charge in [-0.05, 0) is 36.4 Å². The van der Waals surface area contributed by atoms with Crippen LogP contribution in [0, 0.1) is 11.6 Å². The Hall–Kier alpha value is -2.52. The van der Waals surface area contributed by atoms with Crippen LogP contribution in [0.2, 0.25) is 0 Å². The summed E-state index contributed by atoms with van der Waals surface area (Å²) in [5.41, 5.74) is 0.329. The molecular formula is C16H11F2N3O2S2. The van der Waals surface area contributed by atoms with Gasteiger partial charge >= 0.3 is 0 Å². The van der Waals surface area contributed by atoms with Crippen molar-refractivity contribution in [3.05, 3.63) is 54.1 Å². The van der Waals surface area contributed by atoms with E-state index in [0.29, 0.717) is 9.35 Å². The Morgan fingerprint density at radius 1 is 1.12 bits per heavy atom. The van der Waals surface area contributed by atoms with Crippen molar-refractivity contribution in [2.75, 3.05) is 11.1 Å². The van der Waals surface area contributed by atoms with E-state index in [1.165, 1.54) is 17.4 Å². The molecule has 0 spiro atoms. The molecule has 0 saturated heterocycles. The zero-order valence-electron chi connectivity index (χ0n) is 12.6. The number of anilines is 1. The van der Waals surface area contributed by atoms with E-state index in [-0.39, 0.29) is 11.5 Å². The summed E-state index contributed by atoms with van der Waals surface area (Å²) in [6.07, 6.45) is 0. The summed E-state index contributed by atoms with van der Waals surface area (Å²) in [6.45, 7) is 0. The molecule has 1 heterocycles. The average Bonchev–Trinajstić information content (AvgIpc) is 3.06. The SMILES string of the molecule is O=C(CSc1nnc(-c2ccc(O)cc2)s1)Nc1c(F)cccc1F. The highest BCUT2D eigenvalue weighted by Gasteiger charge is 2.14. The second-order valence-electron chi connectivity index (χ2n) is 4.85. The quantitative estimate of drug-likeness (QED) is 0.657. The molecule has 2 N–H and O–H groups in total. The van der Waals surface area contributed by atoms with Crippen LogP contribution in [0.25, 0.3) is 10.6 Å². The van der Waals surface area contributed by atoms with Gasteiger partial charge in [0.15, 0.2) is 4.34 Å². The van der Waals surface area contributed by atoms with Gasteiger partial charge in [0.2, 0.25) is 5.91 Å². The fourth-order valence-electron chi connectivity index (χ4n) is 1.91. The topological polar surface area (TPSA) is 75.1 Å². The van der Waals surface area contributed by atoms with E-state index in [9.17, 15) is 18.7 Å². The predicted octanol–water partition coefficient (Wildman–Crippen LogP) is 3.92. The fraction of sp³-hybridized carbons (Fsp3) is 0.0625. The summed E-state index contributed by atoms with van der Waals surface area (Å²) in [5.74, 6) is -2.11. The summed E-state index contributed by atoms with van der Waals surface area (Å²) in [4.78, 5) is 11.9. The van der Waals surface area contributed by atoms with Gasteiger partial charge in [0.05, 0.1) is 5.75 Å². The van der Waals surface area contributed by atoms with Crippen molar-refractivity contribution in [1.29, 1.82) is 0 Å². The summed E-state index contributed by atoms with van der Waals surface area (Å²) >= 11 is 2.39. The highest BCUT2D eigenvalue weighted by molar-refractivity contribution is 8.01. The van der Waals surface area contributed by atoms with Crippen molar-refractivity contribution >= 4 is 34.7 Å². The lowest BCUT2D eigenvalue weighted by atomic mass is 10.2. The minimum absolute atomic E-state index is 0.0576. The number of para-hydroxylation sites is 1. The maximum absolute atomic E-state index is 13.5. The molecule has 128 valence electrons. The molecule has 0 unspecified atom stereocenters. The minimum Gasteiger partial charge on any atom is -0.508 e. The van der Waals surface area contributed by atoms with E-state index in [4.69, 9.17) is 0 Å². The number of amides is 1. The number of aromatic hydroxyl groups is 1. The van der Waals surface area contributed by atoms with Crippen molar-refractivity contribution in [1.82, 2.24) is 10.2 Å². The van der Waals surface area contributed by atoms with Gasteiger partial charge in [-0.15, -0.1) is 10.2 Å². The first-order valence-electron chi connectivity index (χ1n) is 7.02. The molecule has 0 aliphatic carbocycles. The van der Waals surface area contributed by atoms with Gasteiger partial charge in [-0.3, -0.25) is 4.79 Å². The Bertz CT molecular complexity index is 880. The molecule has 0 bridgehead atoms. The lowest BCUT2D eigenvalue weighted by Gasteiger charge is -2.06. The summed E-state index contributed by atoms with van der Waals surface area (Å²) in [6, 6.07) is 9.86. The molecule has 5 nitrogen and oxygen atoms in total.